The molecule has 6 nitrogen and oxygen atoms in total. The lowest BCUT2D eigenvalue weighted by atomic mass is 10.1. The Labute approximate surface area is 114 Å². The first kappa shape index (κ1) is 15.6. The third kappa shape index (κ3) is 5.81. The molecule has 0 saturated carbocycles. The third-order valence-electron chi connectivity index (χ3n) is 2.67. The molecule has 1 atom stereocenters. The number of hydrogen-bond donors (Lipinski definition) is 1. The molecule has 1 N–H and O–H groups in total. The van der Waals surface area contributed by atoms with Crippen molar-refractivity contribution < 1.29 is 19.1 Å². The van der Waals surface area contributed by atoms with E-state index in [4.69, 9.17) is 9.47 Å². The van der Waals surface area contributed by atoms with Gasteiger partial charge in [-0.3, -0.25) is 0 Å². The van der Waals surface area contributed by atoms with E-state index in [1.165, 1.54) is 0 Å². The fourth-order valence-corrected chi connectivity index (χ4v) is 1.93. The fourth-order valence-electron chi connectivity index (χ4n) is 1.93. The lowest BCUT2D eigenvalue weighted by Crippen LogP contribution is -2.50. The van der Waals surface area contributed by atoms with Crippen LogP contribution in [0.3, 0.4) is 0 Å². The Kier molecular flexibility index (Phi) is 5.44. The summed E-state index contributed by atoms with van der Waals surface area (Å²) in [6.45, 7) is 8.74. The van der Waals surface area contributed by atoms with Gasteiger partial charge in [0.1, 0.15) is 5.60 Å². The van der Waals surface area contributed by atoms with E-state index in [1.54, 1.807) is 11.8 Å². The minimum atomic E-state index is -0.501. The van der Waals surface area contributed by atoms with Crippen molar-refractivity contribution in [2.45, 2.75) is 52.2 Å². The Morgan fingerprint density at radius 3 is 2.63 bits per heavy atom. The molecule has 19 heavy (non-hydrogen) atoms. The normalized spacial score (nSPS) is 19.8. The van der Waals surface area contributed by atoms with Crippen LogP contribution in [0.1, 0.15) is 40.5 Å². The first-order chi connectivity index (χ1) is 8.81. The zero-order valence-electron chi connectivity index (χ0n) is 12.2. The summed E-state index contributed by atoms with van der Waals surface area (Å²) in [6.07, 6.45) is 0.926. The number of amides is 2. The van der Waals surface area contributed by atoms with Gasteiger partial charge in [-0.05, 0) is 40.5 Å². The van der Waals surface area contributed by atoms with Crippen molar-refractivity contribution in [3.8, 4) is 0 Å². The van der Waals surface area contributed by atoms with Crippen molar-refractivity contribution in [2.24, 2.45) is 0 Å². The van der Waals surface area contributed by atoms with Crippen LogP contribution in [-0.2, 0) is 9.47 Å². The van der Waals surface area contributed by atoms with Crippen LogP contribution in [0, 0.1) is 0 Å². The highest BCUT2D eigenvalue weighted by Crippen LogP contribution is 2.15. The van der Waals surface area contributed by atoms with E-state index in [0.717, 1.165) is 12.8 Å². The third-order valence-corrected chi connectivity index (χ3v) is 2.67. The second-order valence-corrected chi connectivity index (χ2v) is 5.63. The van der Waals surface area contributed by atoms with Crippen molar-refractivity contribution in [1.29, 1.82) is 0 Å². The number of nitrogens with zero attached hydrogens (tertiary/aromatic N) is 1. The fraction of sp³-hybridized carbons (Fsp3) is 0.846. The summed E-state index contributed by atoms with van der Waals surface area (Å²) in [6, 6.07) is -0.0691. The molecule has 2 amide bonds. The highest BCUT2D eigenvalue weighted by atomic mass is 16.6. The predicted octanol–water partition coefficient (Wildman–Crippen LogP) is 2.13. The average Bonchev–Trinajstić information content (AvgIpc) is 2.27. The van der Waals surface area contributed by atoms with Gasteiger partial charge in [-0.1, -0.05) is 0 Å². The summed E-state index contributed by atoms with van der Waals surface area (Å²) in [7, 11) is 0. The summed E-state index contributed by atoms with van der Waals surface area (Å²) in [5.74, 6) is 0. The maximum atomic E-state index is 11.9. The molecule has 0 aliphatic carbocycles. The quantitative estimate of drug-likeness (QED) is 0.836. The van der Waals surface area contributed by atoms with E-state index in [2.05, 4.69) is 5.32 Å². The molecular weight excluding hydrogens is 248 g/mol. The van der Waals surface area contributed by atoms with Crippen molar-refractivity contribution in [1.82, 2.24) is 10.2 Å². The van der Waals surface area contributed by atoms with Crippen molar-refractivity contribution >= 4 is 12.2 Å². The zero-order chi connectivity index (χ0) is 14.5. The molecule has 1 rings (SSSR count). The van der Waals surface area contributed by atoms with Crippen molar-refractivity contribution in [3.63, 3.8) is 0 Å². The standard InChI is InChI=1S/C13H24N2O4/c1-5-18-11(16)14-10-7-6-8-15(9-10)12(17)19-13(2,3)4/h10H,5-9H2,1-4H3,(H,14,16). The lowest BCUT2D eigenvalue weighted by Gasteiger charge is -2.34. The average molecular weight is 272 g/mol. The van der Waals surface area contributed by atoms with Gasteiger partial charge in [0.05, 0.1) is 6.61 Å². The van der Waals surface area contributed by atoms with Crippen molar-refractivity contribution in [2.75, 3.05) is 19.7 Å². The number of piperidine rings is 1. The molecule has 0 spiro atoms. The predicted molar refractivity (Wildman–Crippen MR) is 71.0 cm³/mol. The second kappa shape index (κ2) is 6.63. The van der Waals surface area contributed by atoms with E-state index in [-0.39, 0.29) is 12.1 Å². The number of carbonyl (C=O) groups excluding carboxylic acids is 2. The molecule has 1 saturated heterocycles. The van der Waals surface area contributed by atoms with Crippen LogP contribution in [0.4, 0.5) is 9.59 Å². The number of hydrogen-bond acceptors (Lipinski definition) is 4. The van der Waals surface area contributed by atoms with Crippen molar-refractivity contribution in [3.05, 3.63) is 0 Å². The first-order valence-electron chi connectivity index (χ1n) is 6.73. The van der Waals surface area contributed by atoms with E-state index < -0.39 is 11.7 Å². The molecule has 0 radical (unpaired) electrons. The van der Waals surface area contributed by atoms with Gasteiger partial charge >= 0.3 is 12.2 Å². The van der Waals surface area contributed by atoms with Gasteiger partial charge in [-0.2, -0.15) is 0 Å². The number of alkyl carbamates (subject to hydrolysis) is 1. The number of likely N-dealkylation sites (tertiary alicyclic amines) is 1. The van der Waals surface area contributed by atoms with Crippen LogP contribution < -0.4 is 5.32 Å². The van der Waals surface area contributed by atoms with E-state index in [1.807, 2.05) is 20.8 Å². The highest BCUT2D eigenvalue weighted by Gasteiger charge is 2.28. The number of nitrogens with one attached hydrogen (secondary N) is 1. The maximum Gasteiger partial charge on any atom is 0.410 e. The van der Waals surface area contributed by atoms with Crippen LogP contribution in [0.2, 0.25) is 0 Å². The monoisotopic (exact) mass is 272 g/mol. The van der Waals surface area contributed by atoms with Crippen LogP contribution in [0.5, 0.6) is 0 Å². The molecule has 1 aliphatic rings. The maximum absolute atomic E-state index is 11.9. The van der Waals surface area contributed by atoms with Crippen LogP contribution >= 0.6 is 0 Å². The van der Waals surface area contributed by atoms with E-state index in [0.29, 0.717) is 19.7 Å². The Balaban J connectivity index is 2.45. The highest BCUT2D eigenvalue weighted by molar-refractivity contribution is 5.69. The molecule has 6 heteroatoms. The largest absolute Gasteiger partial charge is 0.450 e. The van der Waals surface area contributed by atoms with Gasteiger partial charge in [0.25, 0.3) is 0 Å². The Bertz CT molecular complexity index is 325. The number of rotatable bonds is 2. The smallest absolute Gasteiger partial charge is 0.410 e. The Morgan fingerprint density at radius 1 is 1.37 bits per heavy atom. The SMILES string of the molecule is CCOC(=O)NC1CCCN(C(=O)OC(C)(C)C)C1. The van der Waals surface area contributed by atoms with Gasteiger partial charge in [-0.15, -0.1) is 0 Å². The Morgan fingerprint density at radius 2 is 2.05 bits per heavy atom. The van der Waals surface area contributed by atoms with Gasteiger partial charge in [0, 0.05) is 19.1 Å². The molecule has 0 aromatic rings. The lowest BCUT2D eigenvalue weighted by molar-refractivity contribution is 0.0185. The molecule has 0 aromatic carbocycles. The first-order valence-corrected chi connectivity index (χ1v) is 6.73. The summed E-state index contributed by atoms with van der Waals surface area (Å²) in [5.41, 5.74) is -0.501. The topological polar surface area (TPSA) is 67.9 Å². The molecule has 1 fully saturated rings. The minimum absolute atomic E-state index is 0.0691. The summed E-state index contributed by atoms with van der Waals surface area (Å²) in [5, 5.41) is 2.76. The summed E-state index contributed by atoms with van der Waals surface area (Å²) >= 11 is 0. The van der Waals surface area contributed by atoms with E-state index in [9.17, 15) is 9.59 Å². The van der Waals surface area contributed by atoms with Gasteiger partial charge in [-0.25, -0.2) is 9.59 Å². The van der Waals surface area contributed by atoms with Gasteiger partial charge in [0.2, 0.25) is 0 Å². The van der Waals surface area contributed by atoms with Gasteiger partial charge < -0.3 is 19.7 Å². The number of ether oxygens (including phenoxy) is 2. The Hall–Kier alpha value is -1.46. The van der Waals surface area contributed by atoms with Crippen LogP contribution in [0.15, 0.2) is 0 Å². The summed E-state index contributed by atoms with van der Waals surface area (Å²) < 4.78 is 10.2. The summed E-state index contributed by atoms with van der Waals surface area (Å²) in [4.78, 5) is 24.9. The zero-order valence-corrected chi connectivity index (χ0v) is 12.2. The molecule has 1 heterocycles. The molecule has 1 aliphatic heterocycles. The molecule has 1 unspecified atom stereocenters. The molecular formula is C13H24N2O4. The molecule has 0 bridgehead atoms. The van der Waals surface area contributed by atoms with E-state index >= 15 is 0 Å². The minimum Gasteiger partial charge on any atom is -0.450 e. The molecule has 110 valence electrons. The van der Waals surface area contributed by atoms with Gasteiger partial charge in [0.15, 0.2) is 0 Å². The second-order valence-electron chi connectivity index (χ2n) is 5.63. The molecule has 0 aromatic heterocycles. The van der Waals surface area contributed by atoms with Crippen LogP contribution in [-0.4, -0.2) is 48.4 Å². The van der Waals surface area contributed by atoms with Crippen LogP contribution in [0.25, 0.3) is 0 Å². The number of carbonyl (C=O) groups is 2.